The fourth-order valence-electron chi connectivity index (χ4n) is 3.39. The largest absolute Gasteiger partial charge is 0.480 e. The predicted molar refractivity (Wildman–Crippen MR) is 102 cm³/mol. The van der Waals surface area contributed by atoms with Gasteiger partial charge in [-0.1, -0.05) is 37.3 Å². The average molecular weight is 361 g/mol. The van der Waals surface area contributed by atoms with E-state index in [-0.39, 0.29) is 24.7 Å². The second-order valence-electron chi connectivity index (χ2n) is 7.09. The molecule has 1 aliphatic rings. The lowest BCUT2D eigenvalue weighted by Gasteiger charge is -2.42. The third kappa shape index (κ3) is 6.33. The highest BCUT2D eigenvalue weighted by Gasteiger charge is 2.35. The molecule has 0 unspecified atom stereocenters. The number of amides is 2. The predicted octanol–water partition coefficient (Wildman–Crippen LogP) is 2.59. The molecule has 0 spiro atoms. The number of carbonyl (C=O) groups excluding carboxylic acids is 1. The molecule has 1 aliphatic carbocycles. The molecule has 0 radical (unpaired) electrons. The number of rotatable bonds is 10. The lowest BCUT2D eigenvalue weighted by molar-refractivity contribution is -0.139. The zero-order valence-corrected chi connectivity index (χ0v) is 15.9. The van der Waals surface area contributed by atoms with E-state index in [1.54, 1.807) is 4.90 Å². The van der Waals surface area contributed by atoms with Crippen molar-refractivity contribution in [3.63, 3.8) is 0 Å². The molecule has 2 amide bonds. The van der Waals surface area contributed by atoms with Crippen molar-refractivity contribution in [1.29, 1.82) is 0 Å². The van der Waals surface area contributed by atoms with Gasteiger partial charge in [0, 0.05) is 25.7 Å². The van der Waals surface area contributed by atoms with Crippen LogP contribution in [-0.2, 0) is 11.2 Å². The van der Waals surface area contributed by atoms with Crippen LogP contribution in [-0.4, -0.2) is 65.7 Å². The minimum Gasteiger partial charge on any atom is -0.480 e. The van der Waals surface area contributed by atoms with Crippen molar-refractivity contribution in [2.75, 3.05) is 26.7 Å². The first-order valence-electron chi connectivity index (χ1n) is 9.51. The fraction of sp³-hybridized carbons (Fsp3) is 0.600. The molecule has 0 atom stereocenters. The quantitative estimate of drug-likeness (QED) is 0.628. The highest BCUT2D eigenvalue weighted by Crippen LogP contribution is 2.25. The van der Waals surface area contributed by atoms with Gasteiger partial charge in [-0.15, -0.1) is 0 Å². The number of carboxylic acids is 1. The van der Waals surface area contributed by atoms with E-state index in [0.717, 1.165) is 45.2 Å². The summed E-state index contributed by atoms with van der Waals surface area (Å²) in [5.74, 6) is -0.797. The monoisotopic (exact) mass is 361 g/mol. The summed E-state index contributed by atoms with van der Waals surface area (Å²) in [6.07, 6.45) is 4.74. The Bertz CT molecular complexity index is 573. The number of nitrogens with one attached hydrogen (secondary N) is 1. The van der Waals surface area contributed by atoms with Gasteiger partial charge in [0.05, 0.1) is 6.54 Å². The van der Waals surface area contributed by atoms with Crippen molar-refractivity contribution >= 4 is 12.0 Å². The number of carboxylic acid groups (broad SMARTS) is 1. The molecule has 2 rings (SSSR count). The third-order valence-electron chi connectivity index (χ3n) is 5.10. The Morgan fingerprint density at radius 1 is 1.19 bits per heavy atom. The Hall–Kier alpha value is -2.08. The van der Waals surface area contributed by atoms with Gasteiger partial charge < -0.3 is 15.3 Å². The van der Waals surface area contributed by atoms with Gasteiger partial charge in [-0.05, 0) is 44.2 Å². The average Bonchev–Trinajstić information content (AvgIpc) is 2.60. The van der Waals surface area contributed by atoms with Crippen LogP contribution in [0.1, 0.15) is 38.2 Å². The number of carbonyl (C=O) groups is 2. The van der Waals surface area contributed by atoms with Gasteiger partial charge in [-0.3, -0.25) is 9.69 Å². The summed E-state index contributed by atoms with van der Waals surface area (Å²) in [6, 6.07) is 10.8. The van der Waals surface area contributed by atoms with Gasteiger partial charge in [0.2, 0.25) is 0 Å². The van der Waals surface area contributed by atoms with E-state index in [0.29, 0.717) is 0 Å². The van der Waals surface area contributed by atoms with E-state index in [9.17, 15) is 9.59 Å². The minimum absolute atomic E-state index is 0.0329. The molecule has 1 aromatic carbocycles. The smallest absolute Gasteiger partial charge is 0.317 e. The summed E-state index contributed by atoms with van der Waals surface area (Å²) in [7, 11) is 1.83. The van der Waals surface area contributed by atoms with Gasteiger partial charge >= 0.3 is 12.0 Å². The summed E-state index contributed by atoms with van der Waals surface area (Å²) < 4.78 is 0. The van der Waals surface area contributed by atoms with Crippen molar-refractivity contribution in [3.8, 4) is 0 Å². The highest BCUT2D eigenvalue weighted by atomic mass is 16.4. The first-order chi connectivity index (χ1) is 12.5. The molecule has 0 bridgehead atoms. The van der Waals surface area contributed by atoms with Crippen molar-refractivity contribution in [3.05, 3.63) is 35.9 Å². The second kappa shape index (κ2) is 10.2. The Morgan fingerprint density at radius 3 is 2.50 bits per heavy atom. The molecule has 6 nitrogen and oxygen atoms in total. The van der Waals surface area contributed by atoms with Crippen molar-refractivity contribution < 1.29 is 14.7 Å². The van der Waals surface area contributed by atoms with Gasteiger partial charge in [0.25, 0.3) is 0 Å². The lowest BCUT2D eigenvalue weighted by atomic mass is 9.85. The van der Waals surface area contributed by atoms with Crippen molar-refractivity contribution in [1.82, 2.24) is 15.1 Å². The summed E-state index contributed by atoms with van der Waals surface area (Å²) in [5, 5.41) is 12.0. The van der Waals surface area contributed by atoms with Crippen LogP contribution >= 0.6 is 0 Å². The van der Waals surface area contributed by atoms with Gasteiger partial charge in [0.15, 0.2) is 0 Å². The molecule has 1 fully saturated rings. The molecule has 0 heterocycles. The van der Waals surface area contributed by atoms with Gasteiger partial charge in [-0.2, -0.15) is 0 Å². The van der Waals surface area contributed by atoms with Crippen LogP contribution in [0.3, 0.4) is 0 Å². The lowest BCUT2D eigenvalue weighted by Crippen LogP contribution is -2.56. The Kier molecular flexibility index (Phi) is 7.91. The summed E-state index contributed by atoms with van der Waals surface area (Å²) in [5.41, 5.74) is 1.34. The van der Waals surface area contributed by atoms with Crippen LogP contribution in [0.2, 0.25) is 0 Å². The first-order valence-corrected chi connectivity index (χ1v) is 9.51. The molecule has 0 aromatic heterocycles. The summed E-state index contributed by atoms with van der Waals surface area (Å²) >= 11 is 0. The maximum absolute atomic E-state index is 12.2. The van der Waals surface area contributed by atoms with E-state index >= 15 is 0 Å². The topological polar surface area (TPSA) is 72.9 Å². The maximum atomic E-state index is 12.2. The van der Waals surface area contributed by atoms with E-state index in [2.05, 4.69) is 29.6 Å². The zero-order chi connectivity index (χ0) is 18.9. The molecule has 1 aromatic rings. The molecular weight excluding hydrogens is 330 g/mol. The molecular formula is C20H31N3O3. The Labute approximate surface area is 156 Å². The zero-order valence-electron chi connectivity index (χ0n) is 15.9. The minimum atomic E-state index is -0.797. The van der Waals surface area contributed by atoms with Crippen LogP contribution in [0.4, 0.5) is 4.79 Å². The molecule has 0 aliphatic heterocycles. The van der Waals surface area contributed by atoms with E-state index in [4.69, 9.17) is 5.11 Å². The molecule has 2 N–H and O–H groups in total. The maximum Gasteiger partial charge on any atom is 0.317 e. The van der Waals surface area contributed by atoms with Crippen LogP contribution in [0, 0.1) is 0 Å². The van der Waals surface area contributed by atoms with E-state index in [1.807, 2.05) is 24.9 Å². The van der Waals surface area contributed by atoms with Crippen LogP contribution in [0.15, 0.2) is 30.3 Å². The fourth-order valence-corrected chi connectivity index (χ4v) is 3.39. The molecule has 26 heavy (non-hydrogen) atoms. The van der Waals surface area contributed by atoms with Crippen LogP contribution in [0.5, 0.6) is 0 Å². The number of nitrogens with zero attached hydrogens (tertiary/aromatic N) is 2. The van der Waals surface area contributed by atoms with Crippen LogP contribution < -0.4 is 5.32 Å². The highest BCUT2D eigenvalue weighted by molar-refractivity contribution is 5.74. The van der Waals surface area contributed by atoms with Gasteiger partial charge in [0.1, 0.15) is 0 Å². The number of unbranched alkanes of at least 4 members (excludes halogenated alkanes) is 1. The number of likely N-dealkylation sites (N-methyl/N-ethyl adjacent to an activating group) is 1. The molecule has 1 saturated carbocycles. The molecule has 6 heteroatoms. The Morgan fingerprint density at radius 2 is 1.88 bits per heavy atom. The summed E-state index contributed by atoms with van der Waals surface area (Å²) in [4.78, 5) is 26.8. The van der Waals surface area contributed by atoms with E-state index in [1.165, 1.54) is 5.56 Å². The number of hydrogen-bond donors (Lipinski definition) is 2. The Balaban J connectivity index is 1.60. The second-order valence-corrected chi connectivity index (χ2v) is 7.09. The number of benzene rings is 1. The normalized spacial score (nSPS) is 19.0. The third-order valence-corrected chi connectivity index (χ3v) is 5.10. The molecule has 144 valence electrons. The van der Waals surface area contributed by atoms with Crippen LogP contribution in [0.25, 0.3) is 0 Å². The summed E-state index contributed by atoms with van der Waals surface area (Å²) in [6.45, 7) is 3.51. The van der Waals surface area contributed by atoms with Crippen molar-refractivity contribution in [2.45, 2.75) is 51.1 Å². The SMILES string of the molecule is CCN(CC(=O)O)C1CC(NC(=O)N(C)CCCCc2ccccc2)C1. The number of aryl methyl sites for hydroxylation is 1. The number of urea groups is 1. The van der Waals surface area contributed by atoms with Gasteiger partial charge in [-0.25, -0.2) is 4.79 Å². The van der Waals surface area contributed by atoms with E-state index < -0.39 is 5.97 Å². The number of aliphatic carboxylic acids is 1. The van der Waals surface area contributed by atoms with Crippen molar-refractivity contribution in [2.24, 2.45) is 0 Å². The standard InChI is InChI=1S/C20H31N3O3/c1-3-23(15-19(24)25)18-13-17(14-18)21-20(26)22(2)12-8-7-11-16-9-5-4-6-10-16/h4-6,9-10,17-18H,3,7-8,11-15H2,1-2H3,(H,21,26)(H,24,25). The number of hydrogen-bond acceptors (Lipinski definition) is 3. The first kappa shape index (κ1) is 20.2. The molecule has 0 saturated heterocycles.